The summed E-state index contributed by atoms with van der Waals surface area (Å²) in [4.78, 5) is 27.6. The number of benzene rings is 2. The van der Waals surface area contributed by atoms with E-state index in [-0.39, 0.29) is 11.9 Å². The standard InChI is InChI=1S/C20H20N2O3/c23-19(22-12-15-10-11-21(20(24)25)13-18(15)22)17-9-5-4-8-16(17)14-6-2-1-3-7-14/h1-9,15,18H,10-13H2,(H,24,25). The summed E-state index contributed by atoms with van der Waals surface area (Å²) >= 11 is 0. The SMILES string of the molecule is O=C(O)N1CCC2CN(C(=O)c3ccccc3-c3ccccc3)C2C1. The van der Waals surface area contributed by atoms with Crippen LogP contribution in [0.5, 0.6) is 0 Å². The van der Waals surface area contributed by atoms with Crippen LogP contribution in [0.25, 0.3) is 11.1 Å². The first-order valence-corrected chi connectivity index (χ1v) is 8.58. The minimum Gasteiger partial charge on any atom is -0.465 e. The molecule has 0 saturated carbocycles. The first-order chi connectivity index (χ1) is 12.1. The van der Waals surface area contributed by atoms with Crippen molar-refractivity contribution < 1.29 is 14.7 Å². The molecular weight excluding hydrogens is 316 g/mol. The Kier molecular flexibility index (Phi) is 3.92. The van der Waals surface area contributed by atoms with Crippen LogP contribution >= 0.6 is 0 Å². The molecule has 0 radical (unpaired) electrons. The van der Waals surface area contributed by atoms with Gasteiger partial charge in [0, 0.05) is 31.1 Å². The first-order valence-electron chi connectivity index (χ1n) is 8.58. The predicted molar refractivity (Wildman–Crippen MR) is 94.4 cm³/mol. The molecule has 2 saturated heterocycles. The second kappa shape index (κ2) is 6.24. The lowest BCUT2D eigenvalue weighted by atomic mass is 9.81. The van der Waals surface area contributed by atoms with E-state index >= 15 is 0 Å². The summed E-state index contributed by atoms with van der Waals surface area (Å²) in [5.41, 5.74) is 2.61. The van der Waals surface area contributed by atoms with Gasteiger partial charge >= 0.3 is 6.09 Å². The summed E-state index contributed by atoms with van der Waals surface area (Å²) in [6.45, 7) is 1.71. The maximum Gasteiger partial charge on any atom is 0.407 e. The summed E-state index contributed by atoms with van der Waals surface area (Å²) in [7, 11) is 0. The smallest absolute Gasteiger partial charge is 0.407 e. The quantitative estimate of drug-likeness (QED) is 0.916. The van der Waals surface area contributed by atoms with Crippen molar-refractivity contribution in [3.05, 3.63) is 60.2 Å². The van der Waals surface area contributed by atoms with E-state index in [0.717, 1.165) is 24.1 Å². The number of hydrogen-bond acceptors (Lipinski definition) is 2. The third-order valence-corrected chi connectivity index (χ3v) is 5.33. The number of carbonyl (C=O) groups is 2. The average Bonchev–Trinajstić information content (AvgIpc) is 2.63. The van der Waals surface area contributed by atoms with Crippen LogP contribution in [0.2, 0.25) is 0 Å². The molecule has 128 valence electrons. The summed E-state index contributed by atoms with van der Waals surface area (Å²) in [6.07, 6.45) is -0.0661. The Morgan fingerprint density at radius 3 is 2.44 bits per heavy atom. The van der Waals surface area contributed by atoms with Crippen molar-refractivity contribution in [2.24, 2.45) is 5.92 Å². The molecule has 1 N–H and O–H groups in total. The zero-order valence-electron chi connectivity index (χ0n) is 13.8. The Labute approximate surface area is 146 Å². The topological polar surface area (TPSA) is 60.9 Å². The molecule has 5 nitrogen and oxygen atoms in total. The normalized spacial score (nSPS) is 22.1. The monoisotopic (exact) mass is 336 g/mol. The molecular formula is C20H20N2O3. The van der Waals surface area contributed by atoms with Gasteiger partial charge in [0.05, 0.1) is 6.04 Å². The van der Waals surface area contributed by atoms with Gasteiger partial charge in [-0.3, -0.25) is 4.79 Å². The number of likely N-dealkylation sites (tertiary alicyclic amines) is 2. The molecule has 5 heteroatoms. The fraction of sp³-hybridized carbons (Fsp3) is 0.300. The molecule has 2 aliphatic heterocycles. The first kappa shape index (κ1) is 15.7. The third-order valence-electron chi connectivity index (χ3n) is 5.33. The second-order valence-electron chi connectivity index (χ2n) is 6.71. The number of rotatable bonds is 2. The maximum absolute atomic E-state index is 13.1. The van der Waals surface area contributed by atoms with E-state index < -0.39 is 6.09 Å². The molecule has 2 aliphatic rings. The molecule has 4 rings (SSSR count). The Hall–Kier alpha value is -2.82. The molecule has 2 fully saturated rings. The largest absolute Gasteiger partial charge is 0.465 e. The van der Waals surface area contributed by atoms with Gasteiger partial charge in [-0.25, -0.2) is 4.79 Å². The van der Waals surface area contributed by atoms with E-state index in [1.807, 2.05) is 59.5 Å². The minimum atomic E-state index is -0.901. The van der Waals surface area contributed by atoms with Crippen molar-refractivity contribution in [3.8, 4) is 11.1 Å². The van der Waals surface area contributed by atoms with E-state index in [0.29, 0.717) is 24.6 Å². The molecule has 0 spiro atoms. The van der Waals surface area contributed by atoms with Crippen LogP contribution in [0.3, 0.4) is 0 Å². The molecule has 2 amide bonds. The lowest BCUT2D eigenvalue weighted by Gasteiger charge is -2.53. The molecule has 2 aromatic carbocycles. The van der Waals surface area contributed by atoms with Gasteiger partial charge in [0.2, 0.25) is 0 Å². The van der Waals surface area contributed by atoms with Crippen LogP contribution in [0.4, 0.5) is 4.79 Å². The Morgan fingerprint density at radius 1 is 0.960 bits per heavy atom. The Bertz CT molecular complexity index is 806. The number of amides is 2. The molecule has 0 bridgehead atoms. The van der Waals surface area contributed by atoms with Gasteiger partial charge in [0.15, 0.2) is 0 Å². The zero-order valence-corrected chi connectivity index (χ0v) is 13.8. The van der Waals surface area contributed by atoms with E-state index in [1.54, 1.807) is 0 Å². The van der Waals surface area contributed by atoms with Gasteiger partial charge in [0.1, 0.15) is 0 Å². The van der Waals surface area contributed by atoms with Gasteiger partial charge in [0.25, 0.3) is 5.91 Å². The van der Waals surface area contributed by atoms with Crippen molar-refractivity contribution in [2.75, 3.05) is 19.6 Å². The summed E-state index contributed by atoms with van der Waals surface area (Å²) in [6, 6.07) is 17.5. The van der Waals surface area contributed by atoms with Gasteiger partial charge < -0.3 is 14.9 Å². The minimum absolute atomic E-state index is 0.00109. The van der Waals surface area contributed by atoms with Crippen LogP contribution in [0.1, 0.15) is 16.8 Å². The van der Waals surface area contributed by atoms with Crippen LogP contribution in [-0.4, -0.2) is 52.6 Å². The number of nitrogens with zero attached hydrogens (tertiary/aromatic N) is 2. The fourth-order valence-electron chi connectivity index (χ4n) is 3.90. The molecule has 2 aromatic rings. The maximum atomic E-state index is 13.1. The lowest BCUT2D eigenvalue weighted by molar-refractivity contribution is -0.0237. The number of fused-ring (bicyclic) bond motifs is 1. The lowest BCUT2D eigenvalue weighted by Crippen LogP contribution is -2.66. The highest BCUT2D eigenvalue weighted by Gasteiger charge is 2.46. The molecule has 2 atom stereocenters. The number of hydrogen-bond donors (Lipinski definition) is 1. The molecule has 0 aromatic heterocycles. The van der Waals surface area contributed by atoms with Crippen LogP contribution in [-0.2, 0) is 0 Å². The molecule has 2 heterocycles. The Balaban J connectivity index is 1.59. The zero-order chi connectivity index (χ0) is 17.4. The molecule has 25 heavy (non-hydrogen) atoms. The third kappa shape index (κ3) is 2.76. The van der Waals surface area contributed by atoms with Gasteiger partial charge in [-0.1, -0.05) is 48.5 Å². The van der Waals surface area contributed by atoms with Crippen molar-refractivity contribution in [3.63, 3.8) is 0 Å². The molecule has 0 aliphatic carbocycles. The van der Waals surface area contributed by atoms with Crippen LogP contribution < -0.4 is 0 Å². The van der Waals surface area contributed by atoms with E-state index in [2.05, 4.69) is 0 Å². The van der Waals surface area contributed by atoms with Crippen molar-refractivity contribution in [2.45, 2.75) is 12.5 Å². The predicted octanol–water partition coefficient (Wildman–Crippen LogP) is 3.18. The highest BCUT2D eigenvalue weighted by molar-refractivity contribution is 6.01. The van der Waals surface area contributed by atoms with Crippen molar-refractivity contribution in [1.29, 1.82) is 0 Å². The summed E-state index contributed by atoms with van der Waals surface area (Å²) in [5, 5.41) is 9.22. The molecule has 2 unspecified atom stereocenters. The van der Waals surface area contributed by atoms with Crippen molar-refractivity contribution >= 4 is 12.0 Å². The fourth-order valence-corrected chi connectivity index (χ4v) is 3.90. The van der Waals surface area contributed by atoms with Crippen LogP contribution in [0, 0.1) is 5.92 Å². The number of carboxylic acid groups (broad SMARTS) is 1. The van der Waals surface area contributed by atoms with E-state index in [9.17, 15) is 14.7 Å². The number of piperidine rings is 1. The Morgan fingerprint density at radius 2 is 1.68 bits per heavy atom. The highest BCUT2D eigenvalue weighted by Crippen LogP contribution is 2.35. The van der Waals surface area contributed by atoms with Gasteiger partial charge in [-0.05, 0) is 23.6 Å². The van der Waals surface area contributed by atoms with Gasteiger partial charge in [-0.2, -0.15) is 0 Å². The van der Waals surface area contributed by atoms with Crippen LogP contribution in [0.15, 0.2) is 54.6 Å². The van der Waals surface area contributed by atoms with Crippen molar-refractivity contribution in [1.82, 2.24) is 9.80 Å². The van der Waals surface area contributed by atoms with Gasteiger partial charge in [-0.15, -0.1) is 0 Å². The summed E-state index contributed by atoms with van der Waals surface area (Å²) < 4.78 is 0. The number of carbonyl (C=O) groups excluding carboxylic acids is 1. The van der Waals surface area contributed by atoms with E-state index in [1.165, 1.54) is 4.90 Å². The average molecular weight is 336 g/mol. The summed E-state index contributed by atoms with van der Waals surface area (Å²) in [5.74, 6) is 0.413. The van der Waals surface area contributed by atoms with E-state index in [4.69, 9.17) is 0 Å². The highest BCUT2D eigenvalue weighted by atomic mass is 16.4. The second-order valence-corrected chi connectivity index (χ2v) is 6.71.